The van der Waals surface area contributed by atoms with Crippen molar-refractivity contribution in [2.24, 2.45) is 0 Å². The third-order valence-corrected chi connectivity index (χ3v) is 2.97. The second-order valence-electron chi connectivity index (χ2n) is 3.72. The van der Waals surface area contributed by atoms with Crippen molar-refractivity contribution in [1.82, 2.24) is 0 Å². The summed E-state index contributed by atoms with van der Waals surface area (Å²) in [5.41, 5.74) is 0.752. The first-order valence-corrected chi connectivity index (χ1v) is 6.11. The summed E-state index contributed by atoms with van der Waals surface area (Å²) in [6.45, 7) is 0. The highest BCUT2D eigenvalue weighted by atomic mass is 35.5. The number of halogens is 2. The topological polar surface area (TPSA) is 37.4 Å². The van der Waals surface area contributed by atoms with Gasteiger partial charge in [-0.3, -0.25) is 9.59 Å². The van der Waals surface area contributed by atoms with Crippen LogP contribution in [0.4, 0.5) is 5.69 Å². The van der Waals surface area contributed by atoms with Gasteiger partial charge in [-0.05, 0) is 48.5 Å². The van der Waals surface area contributed by atoms with E-state index in [1.165, 1.54) is 0 Å². The van der Waals surface area contributed by atoms with E-state index in [2.05, 4.69) is 0 Å². The van der Waals surface area contributed by atoms with E-state index in [4.69, 9.17) is 23.2 Å². The van der Waals surface area contributed by atoms with Crippen LogP contribution in [0.15, 0.2) is 48.5 Å². The van der Waals surface area contributed by atoms with Crippen molar-refractivity contribution in [3.8, 4) is 0 Å². The zero-order valence-electron chi connectivity index (χ0n) is 9.64. The highest BCUT2D eigenvalue weighted by Crippen LogP contribution is 2.19. The van der Waals surface area contributed by atoms with Crippen LogP contribution >= 0.6 is 23.2 Å². The summed E-state index contributed by atoms with van der Waals surface area (Å²) in [5.74, 6) is -0.478. The monoisotopic (exact) mass is 292 g/mol. The molecule has 0 saturated carbocycles. The lowest BCUT2D eigenvalue weighted by atomic mass is 10.2. The molecule has 1 radical (unpaired) electrons. The number of rotatable bonds is 3. The minimum atomic E-state index is -0.478. The first-order chi connectivity index (χ1) is 9.11. The quantitative estimate of drug-likeness (QED) is 0.809. The van der Waals surface area contributed by atoms with Gasteiger partial charge in [0.1, 0.15) is 0 Å². The number of hydrogen-bond acceptors (Lipinski definition) is 2. The summed E-state index contributed by atoms with van der Waals surface area (Å²) in [4.78, 5) is 24.0. The van der Waals surface area contributed by atoms with Gasteiger partial charge >= 0.3 is 6.41 Å². The van der Waals surface area contributed by atoms with Crippen LogP contribution in [0.1, 0.15) is 10.4 Å². The molecule has 5 heteroatoms. The Hall–Kier alpha value is -1.84. The number of amides is 2. The Kier molecular flexibility index (Phi) is 4.20. The maximum Gasteiger partial charge on any atom is 0.324 e. The van der Waals surface area contributed by atoms with Crippen molar-refractivity contribution in [3.05, 3.63) is 64.1 Å². The third kappa shape index (κ3) is 3.13. The number of benzene rings is 2. The summed E-state index contributed by atoms with van der Waals surface area (Å²) in [6.07, 6.45) is 1.61. The molecule has 95 valence electrons. The van der Waals surface area contributed by atoms with Gasteiger partial charge in [0, 0.05) is 15.6 Å². The number of hydrogen-bond donors (Lipinski definition) is 0. The average Bonchev–Trinajstić information content (AvgIpc) is 2.42. The van der Waals surface area contributed by atoms with Crippen molar-refractivity contribution >= 4 is 41.2 Å². The molecule has 0 bridgehead atoms. The molecule has 0 heterocycles. The summed E-state index contributed by atoms with van der Waals surface area (Å²) < 4.78 is 0. The Morgan fingerprint density at radius 2 is 1.37 bits per heavy atom. The molecule has 2 rings (SSSR count). The van der Waals surface area contributed by atoms with Crippen LogP contribution in [-0.2, 0) is 4.79 Å². The number of imide groups is 1. The van der Waals surface area contributed by atoms with Gasteiger partial charge < -0.3 is 0 Å². The molecule has 3 nitrogen and oxygen atoms in total. The van der Waals surface area contributed by atoms with Crippen LogP contribution < -0.4 is 4.90 Å². The Morgan fingerprint density at radius 1 is 0.895 bits per heavy atom. The first kappa shape index (κ1) is 13.6. The fourth-order valence-corrected chi connectivity index (χ4v) is 1.78. The normalized spacial score (nSPS) is 10.0. The SMILES string of the molecule is O=[C]N(C(=O)c1ccc(Cl)cc1)c1ccc(Cl)cc1. The molecule has 0 aliphatic heterocycles. The molecule has 0 aliphatic carbocycles. The van der Waals surface area contributed by atoms with E-state index in [0.29, 0.717) is 21.3 Å². The smallest absolute Gasteiger partial charge is 0.268 e. The third-order valence-electron chi connectivity index (χ3n) is 2.47. The maximum absolute atomic E-state index is 12.2. The van der Waals surface area contributed by atoms with Crippen molar-refractivity contribution < 1.29 is 9.59 Å². The van der Waals surface area contributed by atoms with Crippen LogP contribution in [0.5, 0.6) is 0 Å². The summed E-state index contributed by atoms with van der Waals surface area (Å²) in [6, 6.07) is 12.6. The average molecular weight is 293 g/mol. The molecule has 19 heavy (non-hydrogen) atoms. The van der Waals surface area contributed by atoms with Gasteiger partial charge in [-0.25, -0.2) is 4.90 Å². The molecular formula is C14H8Cl2NO2. The van der Waals surface area contributed by atoms with Gasteiger partial charge in [0.05, 0.1) is 5.69 Å². The van der Waals surface area contributed by atoms with Crippen molar-refractivity contribution in [2.45, 2.75) is 0 Å². The fraction of sp³-hybridized carbons (Fsp3) is 0. The number of nitrogens with zero attached hydrogens (tertiary/aromatic N) is 1. The van der Waals surface area contributed by atoms with Gasteiger partial charge in [-0.1, -0.05) is 23.2 Å². The molecule has 0 atom stereocenters. The van der Waals surface area contributed by atoms with Crippen molar-refractivity contribution in [2.75, 3.05) is 4.90 Å². The van der Waals surface area contributed by atoms with E-state index >= 15 is 0 Å². The molecule has 0 saturated heterocycles. The standard InChI is InChI=1S/C14H8Cl2NO2/c15-11-3-1-10(2-4-11)14(19)17(9-18)13-7-5-12(16)6-8-13/h1-8H. The molecule has 0 unspecified atom stereocenters. The van der Waals surface area contributed by atoms with Crippen LogP contribution in [0.25, 0.3) is 0 Å². The number of carbonyl (C=O) groups is 1. The lowest BCUT2D eigenvalue weighted by Gasteiger charge is -2.14. The van der Waals surface area contributed by atoms with Crippen LogP contribution in [0, 0.1) is 0 Å². The highest BCUT2D eigenvalue weighted by molar-refractivity contribution is 6.31. The minimum Gasteiger partial charge on any atom is -0.268 e. The Bertz CT molecular complexity index is 594. The van der Waals surface area contributed by atoms with Gasteiger partial charge in [0.2, 0.25) is 0 Å². The lowest BCUT2D eigenvalue weighted by molar-refractivity contribution is 0.100. The van der Waals surface area contributed by atoms with E-state index in [1.54, 1.807) is 54.9 Å². The van der Waals surface area contributed by atoms with E-state index in [9.17, 15) is 9.59 Å². The zero-order chi connectivity index (χ0) is 13.8. The van der Waals surface area contributed by atoms with Gasteiger partial charge in [0.25, 0.3) is 5.91 Å². The van der Waals surface area contributed by atoms with Crippen LogP contribution in [0.3, 0.4) is 0 Å². The van der Waals surface area contributed by atoms with Crippen LogP contribution in [-0.4, -0.2) is 12.3 Å². The second-order valence-corrected chi connectivity index (χ2v) is 4.59. The Labute approximate surface area is 120 Å². The van der Waals surface area contributed by atoms with E-state index in [0.717, 1.165) is 4.90 Å². The maximum atomic E-state index is 12.2. The van der Waals surface area contributed by atoms with E-state index in [1.807, 2.05) is 0 Å². The molecule has 0 fully saturated rings. The van der Waals surface area contributed by atoms with Gasteiger partial charge in [-0.15, -0.1) is 0 Å². The summed E-state index contributed by atoms with van der Waals surface area (Å²) >= 11 is 11.5. The number of anilines is 1. The van der Waals surface area contributed by atoms with Gasteiger partial charge in [0.15, 0.2) is 0 Å². The Balaban J connectivity index is 2.31. The van der Waals surface area contributed by atoms with E-state index < -0.39 is 5.91 Å². The molecule has 0 aliphatic rings. The van der Waals surface area contributed by atoms with Crippen LogP contribution in [0.2, 0.25) is 10.0 Å². The Morgan fingerprint density at radius 3 is 1.84 bits per heavy atom. The predicted molar refractivity (Wildman–Crippen MR) is 75.4 cm³/mol. The summed E-state index contributed by atoms with van der Waals surface area (Å²) in [5, 5.41) is 1.04. The highest BCUT2D eigenvalue weighted by Gasteiger charge is 2.17. The van der Waals surface area contributed by atoms with Crippen molar-refractivity contribution in [3.63, 3.8) is 0 Å². The molecule has 2 aromatic carbocycles. The largest absolute Gasteiger partial charge is 0.324 e. The number of carbonyl (C=O) groups excluding carboxylic acids is 2. The molecular weight excluding hydrogens is 285 g/mol. The molecule has 0 spiro atoms. The molecule has 2 aromatic rings. The first-order valence-electron chi connectivity index (χ1n) is 5.35. The zero-order valence-corrected chi connectivity index (χ0v) is 11.2. The van der Waals surface area contributed by atoms with Gasteiger partial charge in [-0.2, -0.15) is 0 Å². The van der Waals surface area contributed by atoms with E-state index in [-0.39, 0.29) is 0 Å². The molecule has 0 N–H and O–H groups in total. The minimum absolute atomic E-state index is 0.350. The van der Waals surface area contributed by atoms with Crippen molar-refractivity contribution in [1.29, 1.82) is 0 Å². The molecule has 0 aromatic heterocycles. The fourth-order valence-electron chi connectivity index (χ4n) is 1.52. The lowest BCUT2D eigenvalue weighted by Crippen LogP contribution is -2.29. The summed E-state index contributed by atoms with van der Waals surface area (Å²) in [7, 11) is 0. The predicted octanol–water partition coefficient (Wildman–Crippen LogP) is 3.71. The molecule has 2 amide bonds. The second kappa shape index (κ2) is 5.87.